The normalized spacial score (nSPS) is 29.5. The predicted octanol–water partition coefficient (Wildman–Crippen LogP) is 3.37. The Balaban J connectivity index is 3.70. The van der Waals surface area contributed by atoms with Crippen LogP contribution < -0.4 is 0 Å². The van der Waals surface area contributed by atoms with Crippen LogP contribution in [0.5, 0.6) is 0 Å². The summed E-state index contributed by atoms with van der Waals surface area (Å²) in [5.41, 5.74) is -8.00. The van der Waals surface area contributed by atoms with Crippen LogP contribution in [0.1, 0.15) is 33.6 Å². The molecule has 1 fully saturated rings. The number of hydrogen-bond acceptors (Lipinski definition) is 3. The summed E-state index contributed by atoms with van der Waals surface area (Å²) in [6, 6.07) is 0. The van der Waals surface area contributed by atoms with Gasteiger partial charge in [-0.3, -0.25) is 14.4 Å². The van der Waals surface area contributed by atoms with Gasteiger partial charge < -0.3 is 10.2 Å². The molecule has 0 spiro atoms. The number of carboxylic acids is 2. The highest BCUT2D eigenvalue weighted by molar-refractivity contribution is 6.09. The highest BCUT2D eigenvalue weighted by atomic mass is 19.4. The number of carboxylic acid groups (broad SMARTS) is 2. The summed E-state index contributed by atoms with van der Waals surface area (Å²) in [6.45, 7) is 2.44. The zero-order valence-electron chi connectivity index (χ0n) is 13.7. The molecular weight excluding hydrogens is 381 g/mol. The molecule has 1 unspecified atom stereocenters. The van der Waals surface area contributed by atoms with Crippen LogP contribution in [0.4, 0.5) is 30.7 Å². The lowest BCUT2D eigenvalue weighted by molar-refractivity contribution is -0.345. The van der Waals surface area contributed by atoms with E-state index in [-0.39, 0.29) is 0 Å². The average Bonchev–Trinajstić information content (AvgIpc) is 2.66. The van der Waals surface area contributed by atoms with Crippen LogP contribution in [0.25, 0.3) is 0 Å². The summed E-state index contributed by atoms with van der Waals surface area (Å²) in [7, 11) is 0. The number of aliphatic carboxylic acids is 2. The molecule has 5 nitrogen and oxygen atoms in total. The number of Topliss-reactive ketones (excluding diaryl/α,β-unsaturated/α-hetero) is 1. The standard InChI is InChI=1S/C14H15F7O5/c1-9(2)10(3,7(23)24)4-5-11(9,8(25)26)6(22)12(15,16)13(17,18)14(19,20)21/h4-5H2,1-3H3,(H,23,24)(H,25,26)/t10-,11?/m1/s1. The summed E-state index contributed by atoms with van der Waals surface area (Å²) >= 11 is 0. The van der Waals surface area contributed by atoms with Crippen molar-refractivity contribution in [1.82, 2.24) is 0 Å². The highest BCUT2D eigenvalue weighted by Crippen LogP contribution is 2.65. The van der Waals surface area contributed by atoms with Crippen LogP contribution in [0, 0.1) is 16.2 Å². The zero-order valence-corrected chi connectivity index (χ0v) is 13.7. The molecule has 2 atom stereocenters. The summed E-state index contributed by atoms with van der Waals surface area (Å²) in [4.78, 5) is 35.2. The number of carbonyl (C=O) groups excluding carboxylic acids is 1. The van der Waals surface area contributed by atoms with Crippen molar-refractivity contribution in [2.45, 2.75) is 51.6 Å². The first-order valence-electron chi connectivity index (χ1n) is 7.09. The molecule has 0 bridgehead atoms. The number of carbonyl (C=O) groups is 3. The van der Waals surface area contributed by atoms with Crippen LogP contribution in [0.2, 0.25) is 0 Å². The third kappa shape index (κ3) is 2.33. The van der Waals surface area contributed by atoms with E-state index >= 15 is 0 Å². The van der Waals surface area contributed by atoms with E-state index in [1.165, 1.54) is 0 Å². The van der Waals surface area contributed by atoms with E-state index in [9.17, 15) is 55.3 Å². The Morgan fingerprint density at radius 2 is 1.23 bits per heavy atom. The molecule has 0 aromatic rings. The van der Waals surface area contributed by atoms with E-state index in [1.807, 2.05) is 0 Å². The van der Waals surface area contributed by atoms with Gasteiger partial charge in [0.2, 0.25) is 5.78 Å². The highest BCUT2D eigenvalue weighted by Gasteiger charge is 2.82. The molecule has 12 heteroatoms. The van der Waals surface area contributed by atoms with E-state index < -0.39 is 64.8 Å². The van der Waals surface area contributed by atoms with Gasteiger partial charge >= 0.3 is 30.0 Å². The van der Waals surface area contributed by atoms with Crippen LogP contribution in [-0.2, 0) is 14.4 Å². The number of rotatable bonds is 5. The van der Waals surface area contributed by atoms with Crippen molar-refractivity contribution in [2.24, 2.45) is 16.2 Å². The molecule has 26 heavy (non-hydrogen) atoms. The lowest BCUT2D eigenvalue weighted by atomic mass is 9.56. The summed E-state index contributed by atoms with van der Waals surface area (Å²) in [6.07, 6.45) is -8.66. The Hall–Kier alpha value is -1.88. The molecule has 1 saturated carbocycles. The largest absolute Gasteiger partial charge is 0.481 e. The van der Waals surface area contributed by atoms with Gasteiger partial charge in [-0.05, 0) is 19.8 Å². The maximum atomic E-state index is 13.9. The third-order valence-electron chi connectivity index (χ3n) is 5.71. The van der Waals surface area contributed by atoms with E-state index in [0.29, 0.717) is 0 Å². The quantitative estimate of drug-likeness (QED) is 0.549. The zero-order chi connectivity index (χ0) is 21.1. The summed E-state index contributed by atoms with van der Waals surface area (Å²) in [5, 5.41) is 18.6. The van der Waals surface area contributed by atoms with Crippen LogP contribution >= 0.6 is 0 Å². The summed E-state index contributed by atoms with van der Waals surface area (Å²) < 4.78 is 91.4. The number of alkyl halides is 7. The third-order valence-corrected chi connectivity index (χ3v) is 5.71. The maximum absolute atomic E-state index is 13.9. The Bertz CT molecular complexity index is 655. The molecule has 0 amide bonds. The minimum Gasteiger partial charge on any atom is -0.481 e. The van der Waals surface area contributed by atoms with Gasteiger partial charge in [0.15, 0.2) is 0 Å². The maximum Gasteiger partial charge on any atom is 0.460 e. The second-order valence-corrected chi connectivity index (χ2v) is 6.95. The smallest absolute Gasteiger partial charge is 0.460 e. The van der Waals surface area contributed by atoms with Gasteiger partial charge in [-0.25, -0.2) is 0 Å². The Morgan fingerprint density at radius 1 is 0.808 bits per heavy atom. The SMILES string of the molecule is CC1(C)C(C(=O)O)(C(=O)C(F)(F)C(F)(F)C(F)(F)F)CC[C@]1(C)C(=O)O. The minimum atomic E-state index is -6.84. The van der Waals surface area contributed by atoms with Crippen molar-refractivity contribution in [3.8, 4) is 0 Å². The molecule has 0 heterocycles. The predicted molar refractivity (Wildman–Crippen MR) is 69.8 cm³/mol. The number of hydrogen-bond donors (Lipinski definition) is 2. The van der Waals surface area contributed by atoms with Gasteiger partial charge in [0.25, 0.3) is 0 Å². The van der Waals surface area contributed by atoms with Gasteiger partial charge in [-0.15, -0.1) is 0 Å². The fourth-order valence-electron chi connectivity index (χ4n) is 3.37. The molecule has 1 rings (SSSR count). The molecule has 1 aliphatic carbocycles. The molecule has 0 saturated heterocycles. The lowest BCUT2D eigenvalue weighted by Crippen LogP contribution is -2.64. The fourth-order valence-corrected chi connectivity index (χ4v) is 3.37. The average molecular weight is 396 g/mol. The van der Waals surface area contributed by atoms with Gasteiger partial charge in [0.1, 0.15) is 5.41 Å². The lowest BCUT2D eigenvalue weighted by Gasteiger charge is -2.45. The van der Waals surface area contributed by atoms with Crippen molar-refractivity contribution >= 4 is 17.7 Å². The van der Waals surface area contributed by atoms with Crippen LogP contribution in [0.15, 0.2) is 0 Å². The molecule has 2 N–H and O–H groups in total. The van der Waals surface area contributed by atoms with Crippen molar-refractivity contribution in [1.29, 1.82) is 0 Å². The molecule has 0 radical (unpaired) electrons. The van der Waals surface area contributed by atoms with Gasteiger partial charge in [-0.2, -0.15) is 30.7 Å². The van der Waals surface area contributed by atoms with Crippen LogP contribution in [0.3, 0.4) is 0 Å². The van der Waals surface area contributed by atoms with E-state index in [0.717, 1.165) is 20.8 Å². The molecule has 0 aliphatic heterocycles. The Morgan fingerprint density at radius 3 is 1.50 bits per heavy atom. The minimum absolute atomic E-state index is 0.693. The van der Waals surface area contributed by atoms with Crippen molar-refractivity contribution in [2.75, 3.05) is 0 Å². The Kier molecular flexibility index (Phi) is 4.74. The molecule has 0 aromatic carbocycles. The fraction of sp³-hybridized carbons (Fsp3) is 0.786. The monoisotopic (exact) mass is 396 g/mol. The van der Waals surface area contributed by atoms with E-state index in [4.69, 9.17) is 0 Å². The van der Waals surface area contributed by atoms with Gasteiger partial charge in [-0.1, -0.05) is 13.8 Å². The number of halogens is 7. The van der Waals surface area contributed by atoms with Crippen molar-refractivity contribution in [3.05, 3.63) is 0 Å². The molecule has 1 aliphatic rings. The molecule has 0 aromatic heterocycles. The molecular formula is C14H15F7O5. The van der Waals surface area contributed by atoms with E-state index in [2.05, 4.69) is 0 Å². The first-order chi connectivity index (χ1) is 11.2. The number of ketones is 1. The second-order valence-electron chi connectivity index (χ2n) is 6.95. The van der Waals surface area contributed by atoms with Crippen LogP contribution in [-0.4, -0.2) is 46.0 Å². The van der Waals surface area contributed by atoms with Gasteiger partial charge in [0.05, 0.1) is 5.41 Å². The first kappa shape index (κ1) is 22.2. The second kappa shape index (κ2) is 5.56. The van der Waals surface area contributed by atoms with Crippen molar-refractivity contribution < 1.29 is 55.3 Å². The van der Waals surface area contributed by atoms with E-state index in [1.54, 1.807) is 0 Å². The van der Waals surface area contributed by atoms with Gasteiger partial charge in [0, 0.05) is 5.41 Å². The first-order valence-corrected chi connectivity index (χ1v) is 7.09. The molecule has 150 valence electrons. The summed E-state index contributed by atoms with van der Waals surface area (Å²) in [5.74, 6) is -20.5. The Labute approximate surface area is 142 Å². The van der Waals surface area contributed by atoms with Crippen molar-refractivity contribution in [3.63, 3.8) is 0 Å². The topological polar surface area (TPSA) is 91.7 Å².